The lowest BCUT2D eigenvalue weighted by molar-refractivity contribution is 0.0527. The van der Waals surface area contributed by atoms with Crippen molar-refractivity contribution in [3.05, 3.63) is 29.3 Å². The second-order valence-electron chi connectivity index (χ2n) is 2.88. The summed E-state index contributed by atoms with van der Waals surface area (Å²) in [6, 6.07) is 5.39. The van der Waals surface area contributed by atoms with Crippen LogP contribution in [0.3, 0.4) is 0 Å². The number of anilines is 1. The molecule has 0 spiro atoms. The molecule has 0 unspecified atom stereocenters. The van der Waals surface area contributed by atoms with Crippen LogP contribution in [0.15, 0.2) is 18.2 Å². The van der Waals surface area contributed by atoms with Gasteiger partial charge in [-0.25, -0.2) is 4.79 Å². The van der Waals surface area contributed by atoms with Gasteiger partial charge in [0.25, 0.3) is 0 Å². The fraction of sp³-hybridized carbons (Fsp3) is 0.300. The second-order valence-corrected chi connectivity index (χ2v) is 3.44. The number of esters is 1. The van der Waals surface area contributed by atoms with Gasteiger partial charge in [0.1, 0.15) is 0 Å². The molecule has 0 fully saturated rings. The van der Waals surface area contributed by atoms with Crippen LogP contribution in [0.25, 0.3) is 0 Å². The summed E-state index contributed by atoms with van der Waals surface area (Å²) >= 11 is 3.32. The van der Waals surface area contributed by atoms with Gasteiger partial charge in [-0.2, -0.15) is 0 Å². The third-order valence-corrected chi connectivity index (χ3v) is 2.54. The van der Waals surface area contributed by atoms with Crippen LogP contribution in [0.4, 0.5) is 5.69 Å². The van der Waals surface area contributed by atoms with Crippen LogP contribution in [0.1, 0.15) is 22.8 Å². The van der Waals surface area contributed by atoms with Crippen molar-refractivity contribution in [2.24, 2.45) is 5.84 Å². The normalized spacial score (nSPS) is 9.80. The summed E-state index contributed by atoms with van der Waals surface area (Å²) < 4.78 is 4.92. The first-order valence-electron chi connectivity index (χ1n) is 4.55. The maximum Gasteiger partial charge on any atom is 0.340 e. The van der Waals surface area contributed by atoms with Crippen LogP contribution < -0.4 is 11.3 Å². The average Bonchev–Trinajstić information content (AvgIpc) is 2.28. The zero-order chi connectivity index (χ0) is 11.3. The molecule has 0 bridgehead atoms. The number of hydrazine groups is 1. The molecule has 0 aliphatic heterocycles. The van der Waals surface area contributed by atoms with E-state index in [9.17, 15) is 4.79 Å². The highest BCUT2D eigenvalue weighted by atomic mass is 79.9. The molecule has 82 valence electrons. The quantitative estimate of drug-likeness (QED) is 0.381. The Labute approximate surface area is 96.9 Å². The number of ether oxygens (including phenoxy) is 1. The molecule has 0 saturated heterocycles. The second kappa shape index (κ2) is 5.72. The maximum absolute atomic E-state index is 11.6. The molecule has 0 aliphatic carbocycles. The van der Waals surface area contributed by atoms with Crippen molar-refractivity contribution in [1.29, 1.82) is 0 Å². The summed E-state index contributed by atoms with van der Waals surface area (Å²) in [6.07, 6.45) is 0. The Hall–Kier alpha value is -1.07. The van der Waals surface area contributed by atoms with E-state index in [1.165, 1.54) is 0 Å². The van der Waals surface area contributed by atoms with E-state index in [2.05, 4.69) is 21.4 Å². The van der Waals surface area contributed by atoms with Gasteiger partial charge in [-0.05, 0) is 24.6 Å². The Morgan fingerprint density at radius 3 is 2.87 bits per heavy atom. The number of rotatable bonds is 4. The van der Waals surface area contributed by atoms with E-state index in [1.54, 1.807) is 19.1 Å². The molecule has 0 atom stereocenters. The monoisotopic (exact) mass is 272 g/mol. The van der Waals surface area contributed by atoms with Crippen molar-refractivity contribution in [2.75, 3.05) is 12.0 Å². The summed E-state index contributed by atoms with van der Waals surface area (Å²) in [5, 5.41) is 0.685. The minimum absolute atomic E-state index is 0.349. The summed E-state index contributed by atoms with van der Waals surface area (Å²) in [7, 11) is 0. The van der Waals surface area contributed by atoms with Crippen LogP contribution in [0, 0.1) is 0 Å². The molecule has 1 rings (SSSR count). The molecule has 15 heavy (non-hydrogen) atoms. The van der Waals surface area contributed by atoms with Gasteiger partial charge in [0.15, 0.2) is 0 Å². The lowest BCUT2D eigenvalue weighted by Gasteiger charge is -2.09. The third kappa shape index (κ3) is 2.94. The van der Waals surface area contributed by atoms with Crippen LogP contribution in [0.5, 0.6) is 0 Å². The SMILES string of the molecule is CCOC(=O)c1cc(CBr)ccc1NN. The molecule has 5 heteroatoms. The first-order chi connectivity index (χ1) is 7.22. The van der Waals surface area contributed by atoms with E-state index in [0.717, 1.165) is 5.56 Å². The van der Waals surface area contributed by atoms with Crippen molar-refractivity contribution in [1.82, 2.24) is 0 Å². The van der Waals surface area contributed by atoms with E-state index < -0.39 is 0 Å². The Kier molecular flexibility index (Phi) is 4.58. The number of alkyl halides is 1. The maximum atomic E-state index is 11.6. The highest BCUT2D eigenvalue weighted by Crippen LogP contribution is 2.19. The number of nitrogen functional groups attached to an aromatic ring is 1. The lowest BCUT2D eigenvalue weighted by atomic mass is 10.1. The molecule has 1 aromatic carbocycles. The number of carbonyl (C=O) groups is 1. The lowest BCUT2D eigenvalue weighted by Crippen LogP contribution is -2.14. The molecular formula is C10H13BrN2O2. The molecule has 0 saturated carbocycles. The first kappa shape index (κ1) is 12.0. The van der Waals surface area contributed by atoms with Gasteiger partial charge in [-0.3, -0.25) is 5.84 Å². The highest BCUT2D eigenvalue weighted by molar-refractivity contribution is 9.08. The number of carbonyl (C=O) groups excluding carboxylic acids is 1. The number of benzene rings is 1. The van der Waals surface area contributed by atoms with Crippen molar-refractivity contribution in [2.45, 2.75) is 12.3 Å². The molecule has 0 aromatic heterocycles. The van der Waals surface area contributed by atoms with Crippen LogP contribution >= 0.6 is 15.9 Å². The largest absolute Gasteiger partial charge is 0.462 e. The van der Waals surface area contributed by atoms with Gasteiger partial charge in [-0.1, -0.05) is 22.0 Å². The Morgan fingerprint density at radius 1 is 1.60 bits per heavy atom. The van der Waals surface area contributed by atoms with Gasteiger partial charge in [0.05, 0.1) is 17.9 Å². The summed E-state index contributed by atoms with van der Waals surface area (Å²) in [5.74, 6) is 4.94. The summed E-state index contributed by atoms with van der Waals surface area (Å²) in [5.41, 5.74) is 4.49. The fourth-order valence-electron chi connectivity index (χ4n) is 1.18. The molecule has 0 amide bonds. The van der Waals surface area contributed by atoms with Crippen LogP contribution in [0.2, 0.25) is 0 Å². The minimum Gasteiger partial charge on any atom is -0.462 e. The molecule has 3 N–H and O–H groups in total. The Morgan fingerprint density at radius 2 is 2.33 bits per heavy atom. The van der Waals surface area contributed by atoms with Gasteiger partial charge >= 0.3 is 5.97 Å². The number of hydrogen-bond acceptors (Lipinski definition) is 4. The van der Waals surface area contributed by atoms with Gasteiger partial charge in [0.2, 0.25) is 0 Å². The van der Waals surface area contributed by atoms with Gasteiger partial charge in [0, 0.05) is 5.33 Å². The third-order valence-electron chi connectivity index (χ3n) is 1.89. The first-order valence-corrected chi connectivity index (χ1v) is 5.67. The fourth-order valence-corrected chi connectivity index (χ4v) is 1.53. The smallest absolute Gasteiger partial charge is 0.340 e. The Balaban J connectivity index is 3.05. The van der Waals surface area contributed by atoms with E-state index in [4.69, 9.17) is 10.6 Å². The van der Waals surface area contributed by atoms with Gasteiger partial charge in [-0.15, -0.1) is 0 Å². The number of halogens is 1. The highest BCUT2D eigenvalue weighted by Gasteiger charge is 2.12. The summed E-state index contributed by atoms with van der Waals surface area (Å²) in [4.78, 5) is 11.6. The van der Waals surface area contributed by atoms with Crippen molar-refractivity contribution < 1.29 is 9.53 Å². The number of nitrogens with one attached hydrogen (secondary N) is 1. The summed E-state index contributed by atoms with van der Waals surface area (Å²) in [6.45, 7) is 2.11. The standard InChI is InChI=1S/C10H13BrN2O2/c1-2-15-10(14)8-5-7(6-11)3-4-9(8)13-12/h3-5,13H,2,6,12H2,1H3. The van der Waals surface area contributed by atoms with E-state index >= 15 is 0 Å². The average molecular weight is 273 g/mol. The van der Waals surface area contributed by atoms with Crippen molar-refractivity contribution in [3.63, 3.8) is 0 Å². The minimum atomic E-state index is -0.367. The van der Waals surface area contributed by atoms with Crippen LogP contribution in [-0.2, 0) is 10.1 Å². The van der Waals surface area contributed by atoms with Crippen molar-refractivity contribution >= 4 is 27.6 Å². The molecule has 0 aliphatic rings. The zero-order valence-electron chi connectivity index (χ0n) is 8.42. The molecule has 0 heterocycles. The van der Waals surface area contributed by atoms with E-state index in [1.807, 2.05) is 6.07 Å². The van der Waals surface area contributed by atoms with Crippen LogP contribution in [-0.4, -0.2) is 12.6 Å². The Bertz CT molecular complexity index is 355. The predicted octanol–water partition coefficient (Wildman–Crippen LogP) is 2.04. The molecule has 0 radical (unpaired) electrons. The van der Waals surface area contributed by atoms with E-state index in [0.29, 0.717) is 23.2 Å². The van der Waals surface area contributed by atoms with E-state index in [-0.39, 0.29) is 5.97 Å². The van der Waals surface area contributed by atoms with Gasteiger partial charge < -0.3 is 10.2 Å². The predicted molar refractivity (Wildman–Crippen MR) is 62.8 cm³/mol. The molecular weight excluding hydrogens is 260 g/mol. The number of hydrogen-bond donors (Lipinski definition) is 2. The van der Waals surface area contributed by atoms with Crippen molar-refractivity contribution in [3.8, 4) is 0 Å². The number of nitrogens with two attached hydrogens (primary N) is 1. The molecule has 4 nitrogen and oxygen atoms in total. The molecule has 1 aromatic rings. The zero-order valence-corrected chi connectivity index (χ0v) is 10.0. The topological polar surface area (TPSA) is 64.3 Å².